The van der Waals surface area contributed by atoms with Crippen LogP contribution < -0.4 is 9.47 Å². The summed E-state index contributed by atoms with van der Waals surface area (Å²) < 4.78 is 48.8. The highest BCUT2D eigenvalue weighted by Gasteiger charge is 2.35. The lowest BCUT2D eigenvalue weighted by atomic mass is 10.0. The van der Waals surface area contributed by atoms with Gasteiger partial charge in [-0.05, 0) is 12.1 Å². The topological polar surface area (TPSA) is 31.4 Å². The molecule has 2 rings (SSSR count). The molecule has 0 saturated carbocycles. The summed E-state index contributed by atoms with van der Waals surface area (Å²) in [5.74, 6) is -0.474. The summed E-state index contributed by atoms with van der Waals surface area (Å²) >= 11 is 18.2. The summed E-state index contributed by atoms with van der Waals surface area (Å²) in [7, 11) is 2.39. The lowest BCUT2D eigenvalue weighted by molar-refractivity contribution is -0.141. The van der Waals surface area contributed by atoms with Crippen LogP contribution in [0.4, 0.5) is 13.2 Å². The van der Waals surface area contributed by atoms with Gasteiger partial charge in [0.15, 0.2) is 5.69 Å². The van der Waals surface area contributed by atoms with E-state index < -0.39 is 11.9 Å². The van der Waals surface area contributed by atoms with Crippen LogP contribution in [0.2, 0.25) is 15.1 Å². The molecule has 0 N–H and O–H groups in total. The molecule has 1 aromatic carbocycles. The molecule has 0 aliphatic heterocycles. The molecular weight excluding hydrogens is 378 g/mol. The second-order valence-electron chi connectivity index (χ2n) is 4.31. The van der Waals surface area contributed by atoms with Crippen molar-refractivity contribution in [2.24, 2.45) is 0 Å². The van der Waals surface area contributed by atoms with Gasteiger partial charge in [-0.3, -0.25) is 0 Å². The first-order chi connectivity index (χ1) is 10.7. The molecule has 0 amide bonds. The van der Waals surface area contributed by atoms with E-state index in [4.69, 9.17) is 44.3 Å². The molecule has 0 radical (unpaired) electrons. The maximum Gasteiger partial charge on any atom is 0.433 e. The molecular formula is C14H9Cl3F3NO2. The average Bonchev–Trinajstić information content (AvgIpc) is 2.50. The van der Waals surface area contributed by atoms with Crippen LogP contribution in [-0.4, -0.2) is 19.2 Å². The monoisotopic (exact) mass is 385 g/mol. The van der Waals surface area contributed by atoms with E-state index in [0.29, 0.717) is 0 Å². The molecule has 124 valence electrons. The van der Waals surface area contributed by atoms with Gasteiger partial charge >= 0.3 is 6.18 Å². The van der Waals surface area contributed by atoms with E-state index in [2.05, 4.69) is 4.98 Å². The third-order valence-electron chi connectivity index (χ3n) is 2.95. The SMILES string of the molecule is COc1cc(C(F)(F)F)nc(OC)c1-c1c(Cl)ccc(Cl)c1Cl. The Morgan fingerprint density at radius 2 is 1.57 bits per heavy atom. The van der Waals surface area contributed by atoms with Crippen molar-refractivity contribution in [3.05, 3.63) is 39.0 Å². The minimum absolute atomic E-state index is 0.0531. The fourth-order valence-corrected chi connectivity index (χ4v) is 2.66. The Kier molecular flexibility index (Phi) is 5.18. The van der Waals surface area contributed by atoms with Crippen molar-refractivity contribution in [1.29, 1.82) is 0 Å². The van der Waals surface area contributed by atoms with Gasteiger partial charge in [-0.25, -0.2) is 4.98 Å². The zero-order valence-electron chi connectivity index (χ0n) is 11.8. The number of nitrogens with zero attached hydrogens (tertiary/aromatic N) is 1. The van der Waals surface area contributed by atoms with E-state index in [-0.39, 0.29) is 37.8 Å². The van der Waals surface area contributed by atoms with Crippen LogP contribution in [0.15, 0.2) is 18.2 Å². The summed E-state index contributed by atoms with van der Waals surface area (Å²) in [6, 6.07) is 3.67. The predicted octanol–water partition coefficient (Wildman–Crippen LogP) is 5.74. The molecule has 1 heterocycles. The fourth-order valence-electron chi connectivity index (χ4n) is 1.94. The van der Waals surface area contributed by atoms with Crippen LogP contribution in [-0.2, 0) is 6.18 Å². The predicted molar refractivity (Wildman–Crippen MR) is 82.8 cm³/mol. The van der Waals surface area contributed by atoms with Crippen molar-refractivity contribution in [2.45, 2.75) is 6.18 Å². The number of pyridine rings is 1. The second-order valence-corrected chi connectivity index (χ2v) is 5.50. The fraction of sp³-hybridized carbons (Fsp3) is 0.214. The standard InChI is InChI=1S/C14H9Cl3F3NO2/c1-22-8-5-9(14(18,19)20)21-13(23-2)11(8)10-6(15)3-4-7(16)12(10)17/h3-5H,1-2H3. The van der Waals surface area contributed by atoms with Gasteiger partial charge in [-0.2, -0.15) is 13.2 Å². The third-order valence-corrected chi connectivity index (χ3v) is 4.07. The first kappa shape index (κ1) is 18.0. The normalized spacial score (nSPS) is 11.5. The van der Waals surface area contributed by atoms with Crippen molar-refractivity contribution in [1.82, 2.24) is 4.98 Å². The molecule has 3 nitrogen and oxygen atoms in total. The molecule has 1 aromatic heterocycles. The van der Waals surface area contributed by atoms with Gasteiger partial charge in [-0.15, -0.1) is 0 Å². The van der Waals surface area contributed by atoms with Crippen LogP contribution in [0, 0.1) is 0 Å². The highest BCUT2D eigenvalue weighted by Crippen LogP contribution is 2.48. The molecule has 0 aliphatic carbocycles. The third kappa shape index (κ3) is 3.44. The number of halogens is 6. The number of hydrogen-bond acceptors (Lipinski definition) is 3. The van der Waals surface area contributed by atoms with Crippen LogP contribution in [0.3, 0.4) is 0 Å². The van der Waals surface area contributed by atoms with Crippen molar-refractivity contribution in [2.75, 3.05) is 14.2 Å². The molecule has 2 aromatic rings. The molecule has 0 saturated heterocycles. The Bertz CT molecular complexity index is 726. The van der Waals surface area contributed by atoms with E-state index in [1.54, 1.807) is 0 Å². The Morgan fingerprint density at radius 1 is 0.957 bits per heavy atom. The minimum atomic E-state index is -4.67. The molecule has 0 aliphatic rings. The summed E-state index contributed by atoms with van der Waals surface area (Å²) in [5, 5.41) is 0.393. The van der Waals surface area contributed by atoms with Gasteiger partial charge < -0.3 is 9.47 Å². The molecule has 0 atom stereocenters. The lowest BCUT2D eigenvalue weighted by Crippen LogP contribution is -2.10. The zero-order chi connectivity index (χ0) is 17.4. The maximum atomic E-state index is 12.9. The highest BCUT2D eigenvalue weighted by molar-refractivity contribution is 6.46. The van der Waals surface area contributed by atoms with E-state index in [0.717, 1.165) is 6.07 Å². The van der Waals surface area contributed by atoms with E-state index in [1.807, 2.05) is 0 Å². The van der Waals surface area contributed by atoms with Crippen LogP contribution >= 0.6 is 34.8 Å². The molecule has 23 heavy (non-hydrogen) atoms. The van der Waals surface area contributed by atoms with Crippen molar-refractivity contribution < 1.29 is 22.6 Å². The van der Waals surface area contributed by atoms with Gasteiger partial charge in [-0.1, -0.05) is 34.8 Å². The second kappa shape index (κ2) is 6.63. The number of benzene rings is 1. The average molecular weight is 387 g/mol. The molecule has 0 spiro atoms. The number of methoxy groups -OCH3 is 2. The Hall–Kier alpha value is -1.37. The summed E-state index contributed by atoms with van der Waals surface area (Å²) in [6.45, 7) is 0. The number of hydrogen-bond donors (Lipinski definition) is 0. The van der Waals surface area contributed by atoms with Gasteiger partial charge in [0.25, 0.3) is 0 Å². The first-order valence-electron chi connectivity index (χ1n) is 6.04. The van der Waals surface area contributed by atoms with Crippen LogP contribution in [0.5, 0.6) is 11.6 Å². The van der Waals surface area contributed by atoms with Gasteiger partial charge in [0, 0.05) is 11.6 Å². The number of aromatic nitrogens is 1. The first-order valence-corrected chi connectivity index (χ1v) is 7.18. The van der Waals surface area contributed by atoms with Crippen LogP contribution in [0.1, 0.15) is 5.69 Å². The van der Waals surface area contributed by atoms with E-state index in [1.165, 1.54) is 26.4 Å². The van der Waals surface area contributed by atoms with Crippen LogP contribution in [0.25, 0.3) is 11.1 Å². The minimum Gasteiger partial charge on any atom is -0.496 e. The van der Waals surface area contributed by atoms with Crippen molar-refractivity contribution >= 4 is 34.8 Å². The number of ether oxygens (including phenoxy) is 2. The Balaban J connectivity index is 2.85. The highest BCUT2D eigenvalue weighted by atomic mass is 35.5. The Labute approximate surface area is 144 Å². The summed E-state index contributed by atoms with van der Waals surface area (Å²) in [6.07, 6.45) is -4.67. The molecule has 0 fully saturated rings. The number of rotatable bonds is 3. The summed E-state index contributed by atoms with van der Waals surface area (Å²) in [5.41, 5.74) is -0.902. The van der Waals surface area contributed by atoms with E-state index >= 15 is 0 Å². The molecule has 0 unspecified atom stereocenters. The quantitative estimate of drug-likeness (QED) is 0.630. The summed E-state index contributed by atoms with van der Waals surface area (Å²) in [4.78, 5) is 3.47. The lowest BCUT2D eigenvalue weighted by Gasteiger charge is -2.17. The van der Waals surface area contributed by atoms with Gasteiger partial charge in [0.05, 0.1) is 34.9 Å². The van der Waals surface area contributed by atoms with Crippen molar-refractivity contribution in [3.8, 4) is 22.8 Å². The Morgan fingerprint density at radius 3 is 2.09 bits per heavy atom. The maximum absolute atomic E-state index is 12.9. The number of alkyl halides is 3. The molecule has 0 bridgehead atoms. The smallest absolute Gasteiger partial charge is 0.433 e. The van der Waals surface area contributed by atoms with Gasteiger partial charge in [0.1, 0.15) is 5.75 Å². The molecule has 9 heteroatoms. The van der Waals surface area contributed by atoms with Crippen molar-refractivity contribution in [3.63, 3.8) is 0 Å². The zero-order valence-corrected chi connectivity index (χ0v) is 14.0. The largest absolute Gasteiger partial charge is 0.496 e. The van der Waals surface area contributed by atoms with Gasteiger partial charge in [0.2, 0.25) is 5.88 Å². The van der Waals surface area contributed by atoms with E-state index in [9.17, 15) is 13.2 Å².